The molecule has 8 heteroatoms. The molecular weight excluding hydrogens is 316 g/mol. The number of carbonyl (C=O) groups is 4. The molecule has 0 fully saturated rings. The highest BCUT2D eigenvalue weighted by molar-refractivity contribution is 7.99. The van der Waals surface area contributed by atoms with E-state index in [9.17, 15) is 19.2 Å². The Morgan fingerprint density at radius 1 is 1.00 bits per heavy atom. The van der Waals surface area contributed by atoms with Crippen LogP contribution >= 0.6 is 23.5 Å². The molecule has 0 saturated heterocycles. The number of ketones is 2. The second-order valence-electron chi connectivity index (χ2n) is 4.45. The number of Topliss-reactive ketones (excluding diaryl/α,β-unsaturated/α-hetero) is 2. The van der Waals surface area contributed by atoms with E-state index in [1.165, 1.54) is 11.8 Å². The van der Waals surface area contributed by atoms with Gasteiger partial charge in [-0.15, -0.1) is 0 Å². The van der Waals surface area contributed by atoms with Crippen molar-refractivity contribution < 1.29 is 29.4 Å². The molecule has 6 nitrogen and oxygen atoms in total. The zero-order valence-electron chi connectivity index (χ0n) is 11.9. The molecule has 0 radical (unpaired) electrons. The van der Waals surface area contributed by atoms with Crippen molar-refractivity contribution in [2.24, 2.45) is 5.92 Å². The lowest BCUT2D eigenvalue weighted by molar-refractivity contribution is -0.147. The third-order valence-corrected chi connectivity index (χ3v) is 4.34. The van der Waals surface area contributed by atoms with Crippen molar-refractivity contribution in [2.75, 3.05) is 23.5 Å². The third-order valence-electron chi connectivity index (χ3n) is 2.59. The minimum atomic E-state index is -1.15. The molecule has 21 heavy (non-hydrogen) atoms. The summed E-state index contributed by atoms with van der Waals surface area (Å²) in [5.74, 6) is -2.23. The molecule has 1 unspecified atom stereocenters. The van der Waals surface area contributed by atoms with Gasteiger partial charge in [-0.3, -0.25) is 19.2 Å². The molecule has 0 aliphatic carbocycles. The van der Waals surface area contributed by atoms with E-state index in [2.05, 4.69) is 0 Å². The first-order valence-corrected chi connectivity index (χ1v) is 8.96. The van der Waals surface area contributed by atoms with E-state index in [4.69, 9.17) is 10.2 Å². The first-order valence-electron chi connectivity index (χ1n) is 6.41. The monoisotopic (exact) mass is 336 g/mol. The molecule has 1 atom stereocenters. The Morgan fingerprint density at radius 2 is 1.57 bits per heavy atom. The van der Waals surface area contributed by atoms with Gasteiger partial charge >= 0.3 is 11.9 Å². The van der Waals surface area contributed by atoms with Crippen molar-refractivity contribution in [2.45, 2.75) is 25.7 Å². The average molecular weight is 336 g/mol. The smallest absolute Gasteiger partial charge is 0.307 e. The summed E-state index contributed by atoms with van der Waals surface area (Å²) in [5, 5.41) is 17.4. The van der Waals surface area contributed by atoms with Crippen molar-refractivity contribution >= 4 is 47.0 Å². The van der Waals surface area contributed by atoms with Crippen molar-refractivity contribution in [1.82, 2.24) is 0 Å². The van der Waals surface area contributed by atoms with Crippen LogP contribution in [-0.4, -0.2) is 57.2 Å². The topological polar surface area (TPSA) is 109 Å². The predicted octanol–water partition coefficient (Wildman–Crippen LogP) is 1.57. The van der Waals surface area contributed by atoms with E-state index in [0.717, 1.165) is 0 Å². The summed E-state index contributed by atoms with van der Waals surface area (Å²) in [5.41, 5.74) is 0. The molecule has 0 saturated carbocycles. The van der Waals surface area contributed by atoms with E-state index in [0.29, 0.717) is 17.9 Å². The SMILES string of the molecule is CSCCC(=O)CC(=O)CCSCC(CC(=O)O)C(=O)O. The van der Waals surface area contributed by atoms with Crippen molar-refractivity contribution in [1.29, 1.82) is 0 Å². The van der Waals surface area contributed by atoms with Gasteiger partial charge in [0.1, 0.15) is 11.6 Å². The Kier molecular flexibility index (Phi) is 11.1. The Morgan fingerprint density at radius 3 is 2.05 bits per heavy atom. The number of carbonyl (C=O) groups excluding carboxylic acids is 2. The summed E-state index contributed by atoms with van der Waals surface area (Å²) in [6, 6.07) is 0. The van der Waals surface area contributed by atoms with Crippen LogP contribution in [0.15, 0.2) is 0 Å². The van der Waals surface area contributed by atoms with Gasteiger partial charge in [-0.05, 0) is 12.0 Å². The standard InChI is InChI=1S/C13H20O6S2/c1-20-4-2-10(14)7-11(15)3-5-21-8-9(13(18)19)6-12(16)17/h9H,2-8H2,1H3,(H,16,17)(H,18,19). The van der Waals surface area contributed by atoms with Gasteiger partial charge in [0.15, 0.2) is 0 Å². The van der Waals surface area contributed by atoms with Gasteiger partial charge in [0.2, 0.25) is 0 Å². The quantitative estimate of drug-likeness (QED) is 0.385. The van der Waals surface area contributed by atoms with Gasteiger partial charge in [0.05, 0.1) is 18.8 Å². The Hall–Kier alpha value is -1.02. The van der Waals surface area contributed by atoms with Crippen LogP contribution in [0.2, 0.25) is 0 Å². The second kappa shape index (κ2) is 11.6. The summed E-state index contributed by atoms with van der Waals surface area (Å²) < 4.78 is 0. The van der Waals surface area contributed by atoms with Gasteiger partial charge in [-0.2, -0.15) is 23.5 Å². The fraction of sp³-hybridized carbons (Fsp3) is 0.692. The summed E-state index contributed by atoms with van der Waals surface area (Å²) in [7, 11) is 0. The van der Waals surface area contributed by atoms with Crippen LogP contribution in [0.4, 0.5) is 0 Å². The second-order valence-corrected chi connectivity index (χ2v) is 6.59. The minimum absolute atomic E-state index is 0.0708. The zero-order chi connectivity index (χ0) is 16.3. The number of hydrogen-bond donors (Lipinski definition) is 2. The van der Waals surface area contributed by atoms with Gasteiger partial charge in [-0.1, -0.05) is 0 Å². The third kappa shape index (κ3) is 11.3. The molecule has 2 N–H and O–H groups in total. The molecule has 0 amide bonds. The maximum Gasteiger partial charge on any atom is 0.307 e. The molecular formula is C13H20O6S2. The highest BCUT2D eigenvalue weighted by Crippen LogP contribution is 2.14. The highest BCUT2D eigenvalue weighted by atomic mass is 32.2. The van der Waals surface area contributed by atoms with Gasteiger partial charge in [0, 0.05) is 24.3 Å². The molecule has 0 rings (SSSR count). The molecule has 0 spiro atoms. The highest BCUT2D eigenvalue weighted by Gasteiger charge is 2.21. The number of carboxylic acids is 2. The number of carboxylic acid groups (broad SMARTS) is 2. The summed E-state index contributed by atoms with van der Waals surface area (Å²) in [6.07, 6.45) is 1.98. The number of aliphatic carboxylic acids is 2. The Bertz CT molecular complexity index is 383. The molecule has 0 heterocycles. The van der Waals surface area contributed by atoms with E-state index in [1.807, 2.05) is 6.26 Å². The average Bonchev–Trinajstić information content (AvgIpc) is 2.39. The lowest BCUT2D eigenvalue weighted by Gasteiger charge is -2.08. The van der Waals surface area contributed by atoms with Gasteiger partial charge < -0.3 is 10.2 Å². The van der Waals surface area contributed by atoms with E-state index < -0.39 is 24.3 Å². The molecule has 0 aromatic heterocycles. The van der Waals surface area contributed by atoms with Crippen LogP contribution in [-0.2, 0) is 19.2 Å². The first kappa shape index (κ1) is 20.0. The van der Waals surface area contributed by atoms with Gasteiger partial charge in [-0.25, -0.2) is 0 Å². The largest absolute Gasteiger partial charge is 0.481 e. The van der Waals surface area contributed by atoms with Gasteiger partial charge in [0.25, 0.3) is 0 Å². The molecule has 120 valence electrons. The van der Waals surface area contributed by atoms with Crippen LogP contribution in [0.25, 0.3) is 0 Å². The molecule has 0 aliphatic rings. The van der Waals surface area contributed by atoms with Crippen molar-refractivity contribution in [3.63, 3.8) is 0 Å². The maximum absolute atomic E-state index is 11.5. The fourth-order valence-electron chi connectivity index (χ4n) is 1.45. The van der Waals surface area contributed by atoms with Crippen molar-refractivity contribution in [3.05, 3.63) is 0 Å². The Balaban J connectivity index is 3.86. The van der Waals surface area contributed by atoms with Crippen molar-refractivity contribution in [3.8, 4) is 0 Å². The number of hydrogen-bond acceptors (Lipinski definition) is 6. The van der Waals surface area contributed by atoms with E-state index >= 15 is 0 Å². The number of thioether (sulfide) groups is 2. The maximum atomic E-state index is 11.5. The lowest BCUT2D eigenvalue weighted by atomic mass is 10.1. The molecule has 0 aliphatic heterocycles. The predicted molar refractivity (Wildman–Crippen MR) is 83.0 cm³/mol. The summed E-state index contributed by atoms with van der Waals surface area (Å²) in [6.45, 7) is 0. The fourth-order valence-corrected chi connectivity index (χ4v) is 2.97. The molecule has 0 aromatic carbocycles. The summed E-state index contributed by atoms with van der Waals surface area (Å²) >= 11 is 2.77. The van der Waals surface area contributed by atoms with Crippen LogP contribution in [0, 0.1) is 5.92 Å². The van der Waals surface area contributed by atoms with E-state index in [1.54, 1.807) is 11.8 Å². The normalized spacial score (nSPS) is 11.9. The summed E-state index contributed by atoms with van der Waals surface area (Å²) in [4.78, 5) is 44.2. The Labute approximate surface area is 132 Å². The molecule has 0 aromatic rings. The zero-order valence-corrected chi connectivity index (χ0v) is 13.5. The van der Waals surface area contributed by atoms with Crippen LogP contribution in [0.1, 0.15) is 25.7 Å². The molecule has 0 bridgehead atoms. The lowest BCUT2D eigenvalue weighted by Crippen LogP contribution is -2.20. The van der Waals surface area contributed by atoms with Crippen LogP contribution in [0.3, 0.4) is 0 Å². The van der Waals surface area contributed by atoms with Crippen LogP contribution in [0.5, 0.6) is 0 Å². The minimum Gasteiger partial charge on any atom is -0.481 e. The van der Waals surface area contributed by atoms with E-state index in [-0.39, 0.29) is 30.2 Å². The first-order chi connectivity index (χ1) is 9.86. The number of rotatable bonds is 13. The van der Waals surface area contributed by atoms with Crippen LogP contribution < -0.4 is 0 Å².